The van der Waals surface area contributed by atoms with Gasteiger partial charge in [-0.15, -0.1) is 6.58 Å². The van der Waals surface area contributed by atoms with E-state index in [0.29, 0.717) is 13.0 Å². The topological polar surface area (TPSA) is 51.0 Å². The van der Waals surface area contributed by atoms with Crippen LogP contribution in [0.2, 0.25) is 0 Å². The fraction of sp³-hybridized carbons (Fsp3) is 0.312. The highest BCUT2D eigenvalue weighted by atomic mass is 32.2. The molecule has 0 aliphatic rings. The summed E-state index contributed by atoms with van der Waals surface area (Å²) in [5.74, 6) is 0.894. The number of aromatic nitrogens is 3. The molecule has 0 bridgehead atoms. The molecule has 0 atom stereocenters. The Balaban J connectivity index is 2.30. The molecule has 2 heterocycles. The molecule has 0 unspecified atom stereocenters. The second kappa shape index (κ2) is 7.79. The van der Waals surface area contributed by atoms with Crippen LogP contribution in [0.4, 0.5) is 5.69 Å². The van der Waals surface area contributed by atoms with Crippen LogP contribution < -0.4 is 4.90 Å². The summed E-state index contributed by atoms with van der Waals surface area (Å²) >= 11 is 1.66. The highest BCUT2D eigenvalue weighted by molar-refractivity contribution is 7.98. The van der Waals surface area contributed by atoms with Crippen LogP contribution in [0, 0.1) is 6.92 Å². The van der Waals surface area contributed by atoms with Crippen molar-refractivity contribution < 1.29 is 4.79 Å². The number of amides is 1. The summed E-state index contributed by atoms with van der Waals surface area (Å²) in [5, 5.41) is 4.49. The van der Waals surface area contributed by atoms with E-state index in [1.54, 1.807) is 39.8 Å². The lowest BCUT2D eigenvalue weighted by Gasteiger charge is -2.20. The molecule has 116 valence electrons. The molecule has 0 radical (unpaired) electrons. The molecule has 1 amide bonds. The van der Waals surface area contributed by atoms with E-state index in [9.17, 15) is 4.79 Å². The minimum Gasteiger partial charge on any atom is -0.305 e. The fourth-order valence-corrected chi connectivity index (χ4v) is 2.50. The number of hydrogen-bond acceptors (Lipinski definition) is 4. The first-order chi connectivity index (χ1) is 10.7. The van der Waals surface area contributed by atoms with Crippen LogP contribution in [0.25, 0.3) is 5.69 Å². The van der Waals surface area contributed by atoms with Crippen molar-refractivity contribution in [2.75, 3.05) is 23.5 Å². The Bertz CT molecular complexity index is 639. The van der Waals surface area contributed by atoms with Gasteiger partial charge in [-0.2, -0.15) is 16.9 Å². The van der Waals surface area contributed by atoms with E-state index in [1.807, 2.05) is 31.5 Å². The normalized spacial score (nSPS) is 10.5. The van der Waals surface area contributed by atoms with E-state index in [0.717, 1.165) is 22.8 Å². The zero-order chi connectivity index (χ0) is 15.9. The Morgan fingerprint density at radius 2 is 2.36 bits per heavy atom. The van der Waals surface area contributed by atoms with Gasteiger partial charge in [0.05, 0.1) is 29.5 Å². The summed E-state index contributed by atoms with van der Waals surface area (Å²) in [5.41, 5.74) is 2.49. The molecular weight excluding hydrogens is 296 g/mol. The zero-order valence-electron chi connectivity index (χ0n) is 12.9. The van der Waals surface area contributed by atoms with Gasteiger partial charge in [0.15, 0.2) is 0 Å². The third-order valence-corrected chi connectivity index (χ3v) is 3.82. The van der Waals surface area contributed by atoms with Crippen molar-refractivity contribution in [1.29, 1.82) is 0 Å². The monoisotopic (exact) mass is 316 g/mol. The lowest BCUT2D eigenvalue weighted by atomic mass is 10.3. The second-order valence-corrected chi connectivity index (χ2v) is 5.78. The van der Waals surface area contributed by atoms with E-state index in [2.05, 4.69) is 16.7 Å². The van der Waals surface area contributed by atoms with Gasteiger partial charge in [0, 0.05) is 24.9 Å². The average molecular weight is 316 g/mol. The number of pyridine rings is 1. The van der Waals surface area contributed by atoms with E-state index in [4.69, 9.17) is 0 Å². The Morgan fingerprint density at radius 3 is 3.00 bits per heavy atom. The molecule has 2 aromatic rings. The SMILES string of the molecule is C=CCN(C(=O)CCSC)c1cn(-c2cccnc2)nc1C. The Hall–Kier alpha value is -2.08. The fourth-order valence-electron chi connectivity index (χ4n) is 2.13. The molecule has 0 N–H and O–H groups in total. The Morgan fingerprint density at radius 1 is 1.55 bits per heavy atom. The second-order valence-electron chi connectivity index (χ2n) is 4.79. The average Bonchev–Trinajstić information content (AvgIpc) is 2.93. The lowest BCUT2D eigenvalue weighted by Crippen LogP contribution is -2.31. The van der Waals surface area contributed by atoms with Crippen molar-refractivity contribution in [2.45, 2.75) is 13.3 Å². The first-order valence-corrected chi connectivity index (χ1v) is 8.43. The minimum atomic E-state index is 0.0862. The molecule has 0 aromatic carbocycles. The van der Waals surface area contributed by atoms with Crippen molar-refractivity contribution in [3.05, 3.63) is 49.1 Å². The molecule has 0 spiro atoms. The highest BCUT2D eigenvalue weighted by Crippen LogP contribution is 2.22. The first-order valence-electron chi connectivity index (χ1n) is 7.04. The van der Waals surface area contributed by atoms with Gasteiger partial charge in [-0.1, -0.05) is 6.08 Å². The quantitative estimate of drug-likeness (QED) is 0.737. The standard InChI is InChI=1S/C16H20N4OS/c1-4-9-19(16(21)7-10-22-3)15-12-20(18-13(15)2)14-6-5-8-17-11-14/h4-6,8,11-12H,1,7,9-10H2,2-3H3. The van der Waals surface area contributed by atoms with Crippen LogP contribution >= 0.6 is 11.8 Å². The molecule has 5 nitrogen and oxygen atoms in total. The molecule has 2 aromatic heterocycles. The summed E-state index contributed by atoms with van der Waals surface area (Å²) < 4.78 is 1.75. The van der Waals surface area contributed by atoms with Crippen LogP contribution in [0.5, 0.6) is 0 Å². The van der Waals surface area contributed by atoms with Crippen LogP contribution in [0.15, 0.2) is 43.4 Å². The predicted octanol–water partition coefficient (Wildman–Crippen LogP) is 2.85. The third kappa shape index (κ3) is 3.76. The molecule has 22 heavy (non-hydrogen) atoms. The highest BCUT2D eigenvalue weighted by Gasteiger charge is 2.19. The summed E-state index contributed by atoms with van der Waals surface area (Å²) in [6, 6.07) is 3.79. The van der Waals surface area contributed by atoms with Gasteiger partial charge < -0.3 is 4.90 Å². The largest absolute Gasteiger partial charge is 0.305 e. The Kier molecular flexibility index (Phi) is 5.77. The number of carbonyl (C=O) groups excluding carboxylic acids is 1. The summed E-state index contributed by atoms with van der Waals surface area (Å²) in [7, 11) is 0. The maximum absolute atomic E-state index is 12.4. The van der Waals surface area contributed by atoms with Crippen LogP contribution in [0.1, 0.15) is 12.1 Å². The number of aryl methyl sites for hydroxylation is 1. The molecule has 6 heteroatoms. The van der Waals surface area contributed by atoms with Crippen molar-refractivity contribution in [3.63, 3.8) is 0 Å². The maximum atomic E-state index is 12.4. The maximum Gasteiger partial charge on any atom is 0.228 e. The van der Waals surface area contributed by atoms with Gasteiger partial charge in [-0.25, -0.2) is 4.68 Å². The van der Waals surface area contributed by atoms with Crippen molar-refractivity contribution in [2.24, 2.45) is 0 Å². The van der Waals surface area contributed by atoms with Gasteiger partial charge >= 0.3 is 0 Å². The van der Waals surface area contributed by atoms with Crippen molar-refractivity contribution in [1.82, 2.24) is 14.8 Å². The molecular formula is C16H20N4OS. The van der Waals surface area contributed by atoms with Gasteiger partial charge in [0.1, 0.15) is 0 Å². The number of rotatable bonds is 7. The minimum absolute atomic E-state index is 0.0862. The van der Waals surface area contributed by atoms with Crippen LogP contribution in [-0.2, 0) is 4.79 Å². The van der Waals surface area contributed by atoms with E-state index in [-0.39, 0.29) is 5.91 Å². The van der Waals surface area contributed by atoms with Crippen LogP contribution in [0.3, 0.4) is 0 Å². The number of thioether (sulfide) groups is 1. The lowest BCUT2D eigenvalue weighted by molar-refractivity contribution is -0.118. The van der Waals surface area contributed by atoms with Gasteiger partial charge in [-0.05, 0) is 25.3 Å². The summed E-state index contributed by atoms with van der Waals surface area (Å²) in [6.07, 6.45) is 9.56. The van der Waals surface area contributed by atoms with Gasteiger partial charge in [-0.3, -0.25) is 9.78 Å². The molecule has 2 rings (SSSR count). The molecule has 0 aliphatic carbocycles. The third-order valence-electron chi connectivity index (χ3n) is 3.21. The van der Waals surface area contributed by atoms with E-state index < -0.39 is 0 Å². The van der Waals surface area contributed by atoms with Crippen molar-refractivity contribution >= 4 is 23.4 Å². The number of carbonyl (C=O) groups is 1. The zero-order valence-corrected chi connectivity index (χ0v) is 13.7. The van der Waals surface area contributed by atoms with Gasteiger partial charge in [0.25, 0.3) is 0 Å². The molecule has 0 saturated carbocycles. The van der Waals surface area contributed by atoms with E-state index in [1.165, 1.54) is 0 Å². The van der Waals surface area contributed by atoms with E-state index >= 15 is 0 Å². The first kappa shape index (κ1) is 16.3. The van der Waals surface area contributed by atoms with Crippen LogP contribution in [-0.4, -0.2) is 39.2 Å². The number of nitrogens with zero attached hydrogens (tertiary/aromatic N) is 4. The Labute approximate surface area is 135 Å². The predicted molar refractivity (Wildman–Crippen MR) is 91.6 cm³/mol. The molecule has 0 fully saturated rings. The molecule has 0 aliphatic heterocycles. The van der Waals surface area contributed by atoms with Gasteiger partial charge in [0.2, 0.25) is 5.91 Å². The number of hydrogen-bond donors (Lipinski definition) is 0. The smallest absolute Gasteiger partial charge is 0.228 e. The number of anilines is 1. The van der Waals surface area contributed by atoms with Crippen molar-refractivity contribution in [3.8, 4) is 5.69 Å². The molecule has 0 saturated heterocycles. The summed E-state index contributed by atoms with van der Waals surface area (Å²) in [4.78, 5) is 18.2. The summed E-state index contributed by atoms with van der Waals surface area (Å²) in [6.45, 7) is 6.13.